The monoisotopic (exact) mass is 314 g/mol. The highest BCUT2D eigenvalue weighted by atomic mass is 16.3. The van der Waals surface area contributed by atoms with Crippen molar-refractivity contribution < 1.29 is 10.2 Å². The highest BCUT2D eigenvalue weighted by Crippen LogP contribution is 2.35. The Hall–Kier alpha value is -2.68. The van der Waals surface area contributed by atoms with E-state index in [1.165, 1.54) is 0 Å². The van der Waals surface area contributed by atoms with Gasteiger partial charge in [-0.15, -0.1) is 0 Å². The van der Waals surface area contributed by atoms with Gasteiger partial charge in [-0.25, -0.2) is 0 Å². The Morgan fingerprint density at radius 2 is 1.33 bits per heavy atom. The summed E-state index contributed by atoms with van der Waals surface area (Å²) >= 11 is 0. The third-order valence-corrected chi connectivity index (χ3v) is 4.69. The summed E-state index contributed by atoms with van der Waals surface area (Å²) < 4.78 is 0. The molecule has 1 atom stereocenters. The summed E-state index contributed by atoms with van der Waals surface area (Å²) in [6, 6.07) is 27.6. The average molecular weight is 314 g/mol. The minimum absolute atomic E-state index is 0.376. The lowest BCUT2D eigenvalue weighted by atomic mass is 9.83. The van der Waals surface area contributed by atoms with Crippen molar-refractivity contribution in [2.45, 2.75) is 5.60 Å². The Bertz CT molecular complexity index is 1020. The zero-order valence-corrected chi connectivity index (χ0v) is 13.2. The molecular weight excluding hydrogens is 296 g/mol. The second kappa shape index (κ2) is 5.75. The lowest BCUT2D eigenvalue weighted by molar-refractivity contribution is 0.0186. The van der Waals surface area contributed by atoms with Crippen LogP contribution in [0.3, 0.4) is 0 Å². The van der Waals surface area contributed by atoms with Gasteiger partial charge < -0.3 is 10.2 Å². The van der Waals surface area contributed by atoms with E-state index in [9.17, 15) is 10.2 Å². The van der Waals surface area contributed by atoms with E-state index in [4.69, 9.17) is 0 Å². The predicted octanol–water partition coefficient (Wildman–Crippen LogP) is 4.22. The maximum Gasteiger partial charge on any atom is 0.138 e. The number of fused-ring (bicyclic) bond motifs is 2. The molecule has 0 heterocycles. The van der Waals surface area contributed by atoms with Gasteiger partial charge in [-0.05, 0) is 38.7 Å². The number of aliphatic hydroxyl groups excluding tert-OH is 1. The molecule has 0 saturated heterocycles. The number of aliphatic hydroxyl groups is 2. The molecule has 1 unspecified atom stereocenters. The third-order valence-electron chi connectivity index (χ3n) is 4.69. The average Bonchev–Trinajstić information content (AvgIpc) is 2.66. The van der Waals surface area contributed by atoms with Crippen LogP contribution in [-0.2, 0) is 5.60 Å². The second-order valence-electron chi connectivity index (χ2n) is 6.11. The van der Waals surface area contributed by atoms with E-state index in [0.29, 0.717) is 5.56 Å². The molecule has 118 valence electrons. The van der Waals surface area contributed by atoms with Crippen LogP contribution in [0, 0.1) is 0 Å². The summed E-state index contributed by atoms with van der Waals surface area (Å²) in [4.78, 5) is 0. The smallest absolute Gasteiger partial charge is 0.138 e. The highest BCUT2D eigenvalue weighted by molar-refractivity contribution is 5.88. The van der Waals surface area contributed by atoms with E-state index in [2.05, 4.69) is 0 Å². The van der Waals surface area contributed by atoms with Crippen molar-refractivity contribution in [2.75, 3.05) is 6.61 Å². The van der Waals surface area contributed by atoms with Gasteiger partial charge in [-0.1, -0.05) is 78.9 Å². The number of rotatable bonds is 3. The van der Waals surface area contributed by atoms with Crippen LogP contribution < -0.4 is 0 Å². The van der Waals surface area contributed by atoms with Crippen LogP contribution >= 0.6 is 0 Å². The van der Waals surface area contributed by atoms with Crippen LogP contribution in [0.5, 0.6) is 0 Å². The van der Waals surface area contributed by atoms with Gasteiger partial charge in [-0.2, -0.15) is 0 Å². The van der Waals surface area contributed by atoms with Crippen LogP contribution in [0.25, 0.3) is 21.5 Å². The van der Waals surface area contributed by atoms with Crippen LogP contribution in [0.15, 0.2) is 84.9 Å². The molecule has 0 saturated carbocycles. The summed E-state index contributed by atoms with van der Waals surface area (Å²) in [6.07, 6.45) is 0. The molecule has 2 nitrogen and oxygen atoms in total. The Kier molecular flexibility index (Phi) is 3.57. The van der Waals surface area contributed by atoms with Gasteiger partial charge in [0.1, 0.15) is 5.60 Å². The van der Waals surface area contributed by atoms with E-state index in [1.54, 1.807) is 0 Å². The highest BCUT2D eigenvalue weighted by Gasteiger charge is 2.32. The molecule has 0 bridgehead atoms. The van der Waals surface area contributed by atoms with Crippen LogP contribution in [0.1, 0.15) is 11.1 Å². The Balaban J connectivity index is 1.97. The van der Waals surface area contributed by atoms with Crippen LogP contribution in [0.4, 0.5) is 0 Å². The summed E-state index contributed by atoms with van der Waals surface area (Å²) in [7, 11) is 0. The molecule has 0 amide bonds. The first kappa shape index (κ1) is 14.9. The molecule has 0 aliphatic carbocycles. The van der Waals surface area contributed by atoms with Gasteiger partial charge in [0.15, 0.2) is 0 Å². The van der Waals surface area contributed by atoms with Crippen molar-refractivity contribution in [3.05, 3.63) is 96.1 Å². The first-order valence-corrected chi connectivity index (χ1v) is 8.03. The first-order chi connectivity index (χ1) is 11.7. The Morgan fingerprint density at radius 3 is 2.12 bits per heavy atom. The minimum atomic E-state index is -1.44. The quantitative estimate of drug-likeness (QED) is 0.594. The van der Waals surface area contributed by atoms with Crippen molar-refractivity contribution in [3.63, 3.8) is 0 Å². The molecule has 0 fully saturated rings. The lowest BCUT2D eigenvalue weighted by Gasteiger charge is -2.28. The van der Waals surface area contributed by atoms with Gasteiger partial charge in [0, 0.05) is 0 Å². The Labute approximate surface area is 140 Å². The molecule has 2 N–H and O–H groups in total. The van der Waals surface area contributed by atoms with Crippen molar-refractivity contribution in [2.24, 2.45) is 0 Å². The lowest BCUT2D eigenvalue weighted by Crippen LogP contribution is -2.31. The third kappa shape index (κ3) is 2.28. The van der Waals surface area contributed by atoms with Crippen molar-refractivity contribution in [1.82, 2.24) is 0 Å². The molecule has 4 aromatic carbocycles. The molecule has 0 aliphatic rings. The normalized spacial score (nSPS) is 13.9. The maximum absolute atomic E-state index is 11.4. The second-order valence-corrected chi connectivity index (χ2v) is 6.11. The molecule has 4 rings (SSSR count). The van der Waals surface area contributed by atoms with Gasteiger partial charge in [-0.3, -0.25) is 0 Å². The molecule has 0 aromatic heterocycles. The molecule has 0 spiro atoms. The van der Waals surface area contributed by atoms with Crippen LogP contribution in [0.2, 0.25) is 0 Å². The van der Waals surface area contributed by atoms with E-state index < -0.39 is 5.60 Å². The van der Waals surface area contributed by atoms with Crippen molar-refractivity contribution in [3.8, 4) is 0 Å². The van der Waals surface area contributed by atoms with E-state index in [0.717, 1.165) is 27.1 Å². The molecule has 24 heavy (non-hydrogen) atoms. The van der Waals surface area contributed by atoms with Crippen LogP contribution in [-0.4, -0.2) is 16.8 Å². The van der Waals surface area contributed by atoms with Crippen molar-refractivity contribution >= 4 is 21.5 Å². The summed E-state index contributed by atoms with van der Waals surface area (Å²) in [5.41, 5.74) is -0.0244. The first-order valence-electron chi connectivity index (χ1n) is 8.03. The fraction of sp³-hybridized carbons (Fsp3) is 0.0909. The largest absolute Gasteiger partial charge is 0.393 e. The number of benzene rings is 4. The van der Waals surface area contributed by atoms with Crippen molar-refractivity contribution in [1.29, 1.82) is 0 Å². The van der Waals surface area contributed by atoms with Gasteiger partial charge >= 0.3 is 0 Å². The standard InChI is InChI=1S/C22H18O2/c23-15-22(24,19-13-12-16-6-1-2-8-18(16)14-19)21-11-5-9-17-7-3-4-10-20(17)21/h1-14,23-24H,15H2. The molecule has 0 aliphatic heterocycles. The topological polar surface area (TPSA) is 40.5 Å². The van der Waals surface area contributed by atoms with E-state index in [-0.39, 0.29) is 6.61 Å². The fourth-order valence-corrected chi connectivity index (χ4v) is 3.36. The van der Waals surface area contributed by atoms with Gasteiger partial charge in [0.05, 0.1) is 6.61 Å². The molecular formula is C22H18O2. The molecule has 0 radical (unpaired) electrons. The molecule has 4 aromatic rings. The van der Waals surface area contributed by atoms with Gasteiger partial charge in [0.2, 0.25) is 0 Å². The molecule has 2 heteroatoms. The maximum atomic E-state index is 11.4. The van der Waals surface area contributed by atoms with Gasteiger partial charge in [0.25, 0.3) is 0 Å². The summed E-state index contributed by atoms with van der Waals surface area (Å²) in [5, 5.41) is 25.6. The summed E-state index contributed by atoms with van der Waals surface area (Å²) in [5.74, 6) is 0. The summed E-state index contributed by atoms with van der Waals surface area (Å²) in [6.45, 7) is -0.376. The minimum Gasteiger partial charge on any atom is -0.393 e. The Morgan fingerprint density at radius 1 is 0.667 bits per heavy atom. The van der Waals surface area contributed by atoms with E-state index >= 15 is 0 Å². The zero-order valence-electron chi connectivity index (χ0n) is 13.2. The number of hydrogen-bond donors (Lipinski definition) is 2. The predicted molar refractivity (Wildman–Crippen MR) is 98.0 cm³/mol. The fourth-order valence-electron chi connectivity index (χ4n) is 3.36. The van der Waals surface area contributed by atoms with E-state index in [1.807, 2.05) is 84.9 Å². The SMILES string of the molecule is OCC(O)(c1ccc2ccccc2c1)c1cccc2ccccc12. The zero-order chi connectivity index (χ0) is 16.6. The number of hydrogen-bond acceptors (Lipinski definition) is 2.